The molecule has 2 saturated carbocycles. The molecule has 2 aliphatic carbocycles. The van der Waals surface area contributed by atoms with Crippen LogP contribution in [-0.4, -0.2) is 65.3 Å². The van der Waals surface area contributed by atoms with E-state index in [4.69, 9.17) is 4.74 Å². The largest absolute Gasteiger partial charge is 0.497 e. The van der Waals surface area contributed by atoms with Crippen molar-refractivity contribution in [2.45, 2.75) is 56.4 Å². The van der Waals surface area contributed by atoms with Gasteiger partial charge in [0.1, 0.15) is 5.75 Å². The third-order valence-corrected chi connectivity index (χ3v) is 8.84. The fourth-order valence-corrected chi connectivity index (χ4v) is 6.58. The summed E-state index contributed by atoms with van der Waals surface area (Å²) >= 11 is 0. The highest BCUT2D eigenvalue weighted by atomic mass is 16.5. The normalized spacial score (nSPS) is 24.9. The van der Waals surface area contributed by atoms with Gasteiger partial charge in [-0.3, -0.25) is 9.69 Å². The lowest BCUT2D eigenvalue weighted by atomic mass is 9.68. The average Bonchev–Trinajstić information content (AvgIpc) is 3.76. The van der Waals surface area contributed by atoms with Crippen LogP contribution in [0.4, 0.5) is 0 Å². The van der Waals surface area contributed by atoms with Gasteiger partial charge < -0.3 is 19.3 Å². The molecular formula is C27H37N3O3. The first-order valence-corrected chi connectivity index (χ1v) is 12.8. The molecule has 178 valence electrons. The lowest BCUT2D eigenvalue weighted by Crippen LogP contribution is -2.55. The summed E-state index contributed by atoms with van der Waals surface area (Å²) in [6, 6.07) is 6.44. The number of likely N-dealkylation sites (tertiary alicyclic amines) is 1. The molecule has 1 N–H and O–H groups in total. The molecule has 0 radical (unpaired) electrons. The SMILES string of the molecule is COc1ccc2c3c(n(C)c2c1)[C@@H](CO)N(CC1CC1)CC31CCN(C(=O)CC2CC2)CC1. The number of piperidine rings is 1. The van der Waals surface area contributed by atoms with E-state index in [0.717, 1.165) is 57.1 Å². The summed E-state index contributed by atoms with van der Waals surface area (Å²) in [6.45, 7) is 3.89. The van der Waals surface area contributed by atoms with Gasteiger partial charge in [-0.15, -0.1) is 0 Å². The van der Waals surface area contributed by atoms with Crippen LogP contribution in [0.15, 0.2) is 18.2 Å². The highest BCUT2D eigenvalue weighted by Gasteiger charge is 2.49. The number of aliphatic hydroxyl groups is 1. The summed E-state index contributed by atoms with van der Waals surface area (Å²) in [5, 5.41) is 11.8. The Hall–Kier alpha value is -2.05. The number of aryl methyl sites for hydroxylation is 1. The van der Waals surface area contributed by atoms with Crippen molar-refractivity contribution in [3.8, 4) is 5.75 Å². The Morgan fingerprint density at radius 3 is 2.52 bits per heavy atom. The van der Waals surface area contributed by atoms with Gasteiger partial charge in [-0.25, -0.2) is 0 Å². The number of nitrogens with zero attached hydrogens (tertiary/aromatic N) is 3. The molecule has 1 aromatic carbocycles. The van der Waals surface area contributed by atoms with Crippen LogP contribution in [0.3, 0.4) is 0 Å². The first-order chi connectivity index (χ1) is 16.0. The molecule has 0 bridgehead atoms. The summed E-state index contributed by atoms with van der Waals surface area (Å²) in [5.74, 6) is 2.63. The van der Waals surface area contributed by atoms with Gasteiger partial charge in [0.05, 0.1) is 25.3 Å². The number of rotatable bonds is 6. The van der Waals surface area contributed by atoms with Gasteiger partial charge >= 0.3 is 0 Å². The Kier molecular flexibility index (Phi) is 5.22. The Morgan fingerprint density at radius 1 is 1.15 bits per heavy atom. The monoisotopic (exact) mass is 451 g/mol. The third kappa shape index (κ3) is 3.66. The number of aliphatic hydroxyl groups excluding tert-OH is 1. The van der Waals surface area contributed by atoms with E-state index in [1.54, 1.807) is 7.11 Å². The number of benzene rings is 1. The Morgan fingerprint density at radius 2 is 1.88 bits per heavy atom. The Balaban J connectivity index is 1.40. The average molecular weight is 452 g/mol. The molecule has 2 aliphatic heterocycles. The van der Waals surface area contributed by atoms with Crippen LogP contribution >= 0.6 is 0 Å². The Bertz CT molecular complexity index is 1060. The third-order valence-electron chi connectivity index (χ3n) is 8.84. The number of amides is 1. The molecule has 1 amide bonds. The van der Waals surface area contributed by atoms with Crippen LogP contribution in [0, 0.1) is 11.8 Å². The van der Waals surface area contributed by atoms with Crippen LogP contribution < -0.4 is 4.74 Å². The number of hydrogen-bond donors (Lipinski definition) is 1. The fourth-order valence-electron chi connectivity index (χ4n) is 6.58. The van der Waals surface area contributed by atoms with E-state index in [1.807, 2.05) is 0 Å². The van der Waals surface area contributed by atoms with Crippen LogP contribution in [0.2, 0.25) is 0 Å². The number of hydrogen-bond acceptors (Lipinski definition) is 4. The van der Waals surface area contributed by atoms with E-state index < -0.39 is 0 Å². The van der Waals surface area contributed by atoms with Crippen LogP contribution in [0.1, 0.15) is 62.2 Å². The topological polar surface area (TPSA) is 57.9 Å². The molecule has 1 saturated heterocycles. The number of carbonyl (C=O) groups excluding carboxylic acids is 1. The van der Waals surface area contributed by atoms with Crippen molar-refractivity contribution in [3.05, 3.63) is 29.5 Å². The van der Waals surface area contributed by atoms with E-state index in [9.17, 15) is 9.90 Å². The smallest absolute Gasteiger partial charge is 0.222 e. The molecule has 6 heteroatoms. The van der Waals surface area contributed by atoms with E-state index in [0.29, 0.717) is 11.8 Å². The van der Waals surface area contributed by atoms with Crippen LogP contribution in [0.25, 0.3) is 10.9 Å². The number of methoxy groups -OCH3 is 1. The summed E-state index contributed by atoms with van der Waals surface area (Å²) < 4.78 is 7.85. The second-order valence-corrected chi connectivity index (χ2v) is 11.1. The molecule has 3 heterocycles. The second-order valence-electron chi connectivity index (χ2n) is 11.1. The lowest BCUT2D eigenvalue weighted by Gasteiger charge is -2.50. The lowest BCUT2D eigenvalue weighted by molar-refractivity contribution is -0.133. The summed E-state index contributed by atoms with van der Waals surface area (Å²) in [4.78, 5) is 17.5. The van der Waals surface area contributed by atoms with Gasteiger partial charge in [0, 0.05) is 62.2 Å². The maximum atomic E-state index is 12.8. The van der Waals surface area contributed by atoms with E-state index in [-0.39, 0.29) is 18.1 Å². The van der Waals surface area contributed by atoms with E-state index in [2.05, 4.69) is 39.6 Å². The first-order valence-electron chi connectivity index (χ1n) is 12.8. The van der Waals surface area contributed by atoms with Gasteiger partial charge in [0.25, 0.3) is 0 Å². The van der Waals surface area contributed by atoms with Crippen molar-refractivity contribution in [2.75, 3.05) is 39.9 Å². The predicted molar refractivity (Wildman–Crippen MR) is 128 cm³/mol. The molecule has 1 atom stereocenters. The zero-order valence-corrected chi connectivity index (χ0v) is 20.1. The zero-order valence-electron chi connectivity index (χ0n) is 20.1. The maximum Gasteiger partial charge on any atom is 0.222 e. The van der Waals surface area contributed by atoms with Gasteiger partial charge in [-0.05, 0) is 68.1 Å². The molecule has 6 nitrogen and oxygen atoms in total. The molecule has 2 aromatic rings. The summed E-state index contributed by atoms with van der Waals surface area (Å²) in [5.41, 5.74) is 3.89. The van der Waals surface area contributed by atoms with Crippen molar-refractivity contribution >= 4 is 16.8 Å². The summed E-state index contributed by atoms with van der Waals surface area (Å²) in [6.07, 6.45) is 7.82. The number of carbonyl (C=O) groups is 1. The molecule has 33 heavy (non-hydrogen) atoms. The standard InChI is InChI=1S/C27H37N3O3/c1-28-22-14-20(33-2)7-8-21(22)25-26(28)23(16-31)30(15-19-5-6-19)17-27(25)9-11-29(12-10-27)24(32)13-18-3-4-18/h7-8,14,18-19,23,31H,3-6,9-13,15-17H2,1-2H3/t23-/m1/s1. The summed E-state index contributed by atoms with van der Waals surface area (Å²) in [7, 11) is 3.86. The minimum absolute atomic E-state index is 0.0281. The molecule has 1 aromatic heterocycles. The minimum atomic E-state index is 0.0281. The minimum Gasteiger partial charge on any atom is -0.497 e. The highest BCUT2D eigenvalue weighted by Crippen LogP contribution is 2.51. The number of aromatic nitrogens is 1. The fraction of sp³-hybridized carbons (Fsp3) is 0.667. The first kappa shape index (κ1) is 21.5. The van der Waals surface area contributed by atoms with Gasteiger partial charge in [-0.2, -0.15) is 0 Å². The predicted octanol–water partition coefficient (Wildman–Crippen LogP) is 3.61. The van der Waals surface area contributed by atoms with Gasteiger partial charge in [0.2, 0.25) is 5.91 Å². The molecular weight excluding hydrogens is 414 g/mol. The number of fused-ring (bicyclic) bond motifs is 4. The maximum absolute atomic E-state index is 12.8. The quantitative estimate of drug-likeness (QED) is 0.729. The van der Waals surface area contributed by atoms with Crippen LogP contribution in [0.5, 0.6) is 5.75 Å². The van der Waals surface area contributed by atoms with Crippen LogP contribution in [-0.2, 0) is 17.3 Å². The molecule has 4 aliphatic rings. The van der Waals surface area contributed by atoms with E-state index >= 15 is 0 Å². The molecule has 6 rings (SSSR count). The van der Waals surface area contributed by atoms with Gasteiger partial charge in [-0.1, -0.05) is 0 Å². The highest BCUT2D eigenvalue weighted by molar-refractivity contribution is 5.88. The second kappa shape index (κ2) is 8.02. The van der Waals surface area contributed by atoms with Crippen molar-refractivity contribution in [2.24, 2.45) is 18.9 Å². The van der Waals surface area contributed by atoms with Gasteiger partial charge in [0.15, 0.2) is 0 Å². The zero-order chi connectivity index (χ0) is 22.7. The van der Waals surface area contributed by atoms with E-state index in [1.165, 1.54) is 47.8 Å². The number of ether oxygens (including phenoxy) is 1. The molecule has 3 fully saturated rings. The molecule has 0 unspecified atom stereocenters. The van der Waals surface area contributed by atoms with Crippen molar-refractivity contribution in [1.29, 1.82) is 0 Å². The van der Waals surface area contributed by atoms with Crippen molar-refractivity contribution in [1.82, 2.24) is 14.4 Å². The Labute approximate surface area is 196 Å². The molecule has 1 spiro atoms. The van der Waals surface area contributed by atoms with Crippen molar-refractivity contribution in [3.63, 3.8) is 0 Å². The van der Waals surface area contributed by atoms with Crippen molar-refractivity contribution < 1.29 is 14.6 Å².